The van der Waals surface area contributed by atoms with Crippen molar-refractivity contribution in [2.45, 2.75) is 0 Å². The first-order chi connectivity index (χ1) is 14.5. The number of nitrogens with one attached hydrogen (secondary N) is 1. The molecule has 0 unspecified atom stereocenters. The van der Waals surface area contributed by atoms with Gasteiger partial charge in [0.25, 0.3) is 5.91 Å². The summed E-state index contributed by atoms with van der Waals surface area (Å²) in [6.45, 7) is 0. The SMILES string of the molecule is CNC(=O)c1cc(Oc2ccc3nc(N(C)c4ccc(Br)cc4)ncc3c2)ccn1. The number of hydrogen-bond acceptors (Lipinski definition) is 6. The van der Waals surface area contributed by atoms with Crippen LogP contribution in [0.2, 0.25) is 0 Å². The summed E-state index contributed by atoms with van der Waals surface area (Å²) < 4.78 is 6.91. The number of halogens is 1. The van der Waals surface area contributed by atoms with E-state index >= 15 is 0 Å². The van der Waals surface area contributed by atoms with E-state index < -0.39 is 0 Å². The van der Waals surface area contributed by atoms with Crippen molar-refractivity contribution in [1.82, 2.24) is 20.3 Å². The highest BCUT2D eigenvalue weighted by Gasteiger charge is 2.10. The Hall–Kier alpha value is -3.52. The number of amides is 1. The van der Waals surface area contributed by atoms with Crippen LogP contribution in [0.15, 0.2) is 71.5 Å². The maximum atomic E-state index is 11.7. The van der Waals surface area contributed by atoms with E-state index in [9.17, 15) is 4.79 Å². The van der Waals surface area contributed by atoms with E-state index in [-0.39, 0.29) is 5.91 Å². The van der Waals surface area contributed by atoms with Gasteiger partial charge in [-0.15, -0.1) is 0 Å². The summed E-state index contributed by atoms with van der Waals surface area (Å²) in [5, 5.41) is 3.39. The molecule has 4 aromatic rings. The topological polar surface area (TPSA) is 80.2 Å². The smallest absolute Gasteiger partial charge is 0.269 e. The van der Waals surface area contributed by atoms with Crippen LogP contribution in [0.3, 0.4) is 0 Å². The van der Waals surface area contributed by atoms with Crippen molar-refractivity contribution in [3.05, 3.63) is 77.2 Å². The van der Waals surface area contributed by atoms with Crippen LogP contribution in [0.4, 0.5) is 11.6 Å². The lowest BCUT2D eigenvalue weighted by atomic mass is 10.2. The molecule has 8 heteroatoms. The third kappa shape index (κ3) is 4.23. The van der Waals surface area contributed by atoms with Gasteiger partial charge in [0.2, 0.25) is 5.95 Å². The van der Waals surface area contributed by atoms with Crippen LogP contribution < -0.4 is 15.0 Å². The fourth-order valence-corrected chi connectivity index (χ4v) is 3.13. The van der Waals surface area contributed by atoms with Gasteiger partial charge in [0.05, 0.1) is 5.52 Å². The molecule has 1 amide bonds. The minimum atomic E-state index is -0.269. The van der Waals surface area contributed by atoms with Crippen LogP contribution in [-0.4, -0.2) is 35.0 Å². The van der Waals surface area contributed by atoms with Gasteiger partial charge >= 0.3 is 0 Å². The number of anilines is 2. The Morgan fingerprint density at radius 3 is 2.57 bits per heavy atom. The molecule has 1 N–H and O–H groups in total. The van der Waals surface area contributed by atoms with Crippen molar-refractivity contribution in [3.63, 3.8) is 0 Å². The molecule has 7 nitrogen and oxygen atoms in total. The van der Waals surface area contributed by atoms with Crippen molar-refractivity contribution in [2.24, 2.45) is 0 Å². The molecule has 0 bridgehead atoms. The predicted octanol–water partition coefficient (Wildman–Crippen LogP) is 4.71. The molecule has 0 aliphatic carbocycles. The van der Waals surface area contributed by atoms with Gasteiger partial charge in [-0.3, -0.25) is 9.78 Å². The first-order valence-electron chi connectivity index (χ1n) is 9.15. The second-order valence-electron chi connectivity index (χ2n) is 6.48. The third-order valence-electron chi connectivity index (χ3n) is 4.48. The molecule has 2 aromatic heterocycles. The Balaban J connectivity index is 1.57. The Morgan fingerprint density at radius 1 is 1.03 bits per heavy atom. The first-order valence-corrected chi connectivity index (χ1v) is 9.95. The molecule has 0 atom stereocenters. The third-order valence-corrected chi connectivity index (χ3v) is 5.01. The minimum Gasteiger partial charge on any atom is -0.457 e. The van der Waals surface area contributed by atoms with E-state index in [0.29, 0.717) is 23.1 Å². The predicted molar refractivity (Wildman–Crippen MR) is 119 cm³/mol. The monoisotopic (exact) mass is 463 g/mol. The molecule has 30 heavy (non-hydrogen) atoms. The van der Waals surface area contributed by atoms with E-state index in [4.69, 9.17) is 4.74 Å². The largest absolute Gasteiger partial charge is 0.457 e. The van der Waals surface area contributed by atoms with Crippen LogP contribution >= 0.6 is 15.9 Å². The summed E-state index contributed by atoms with van der Waals surface area (Å²) in [6.07, 6.45) is 3.30. The molecular formula is C22H18BrN5O2. The Bertz CT molecular complexity index is 1210. The first kappa shape index (κ1) is 19.8. The van der Waals surface area contributed by atoms with Gasteiger partial charge in [-0.25, -0.2) is 9.97 Å². The normalized spacial score (nSPS) is 10.6. The zero-order valence-electron chi connectivity index (χ0n) is 16.3. The number of fused-ring (bicyclic) bond motifs is 1. The Morgan fingerprint density at radius 2 is 1.80 bits per heavy atom. The lowest BCUT2D eigenvalue weighted by Crippen LogP contribution is -2.18. The number of aromatic nitrogens is 3. The molecule has 150 valence electrons. The van der Waals surface area contributed by atoms with Gasteiger partial charge in [0.1, 0.15) is 17.2 Å². The molecule has 0 radical (unpaired) electrons. The fourth-order valence-electron chi connectivity index (χ4n) is 2.87. The maximum absolute atomic E-state index is 11.7. The molecule has 2 aromatic carbocycles. The number of hydrogen-bond donors (Lipinski definition) is 1. The summed E-state index contributed by atoms with van der Waals surface area (Å²) in [5.41, 5.74) is 2.08. The molecule has 0 aliphatic rings. The highest BCUT2D eigenvalue weighted by molar-refractivity contribution is 9.10. The number of carbonyl (C=O) groups is 1. The summed E-state index contributed by atoms with van der Waals surface area (Å²) in [7, 11) is 3.48. The van der Waals surface area contributed by atoms with Gasteiger partial charge in [0, 0.05) is 48.1 Å². The molecule has 4 rings (SSSR count). The number of pyridine rings is 1. The summed E-state index contributed by atoms with van der Waals surface area (Å²) >= 11 is 3.44. The van der Waals surface area contributed by atoms with Crippen LogP contribution in [-0.2, 0) is 0 Å². The highest BCUT2D eigenvalue weighted by Crippen LogP contribution is 2.27. The number of benzene rings is 2. The van der Waals surface area contributed by atoms with E-state index in [0.717, 1.165) is 21.1 Å². The van der Waals surface area contributed by atoms with Gasteiger partial charge in [-0.2, -0.15) is 0 Å². The van der Waals surface area contributed by atoms with Gasteiger partial charge in [-0.05, 0) is 48.5 Å². The lowest BCUT2D eigenvalue weighted by molar-refractivity contribution is 0.0958. The Labute approximate surface area is 181 Å². The van der Waals surface area contributed by atoms with Crippen LogP contribution in [0.5, 0.6) is 11.5 Å². The summed E-state index contributed by atoms with van der Waals surface area (Å²) in [6, 6.07) is 16.8. The second-order valence-corrected chi connectivity index (χ2v) is 7.40. The van der Waals surface area contributed by atoms with Crippen LogP contribution in [0.1, 0.15) is 10.5 Å². The molecule has 2 heterocycles. The molecular weight excluding hydrogens is 446 g/mol. The molecule has 0 spiro atoms. The van der Waals surface area contributed by atoms with Crippen molar-refractivity contribution < 1.29 is 9.53 Å². The number of nitrogens with zero attached hydrogens (tertiary/aromatic N) is 4. The van der Waals surface area contributed by atoms with Crippen molar-refractivity contribution in [3.8, 4) is 11.5 Å². The standard InChI is InChI=1S/C22H18BrN5O2/c1-24-21(29)20-12-18(9-10-25-20)30-17-7-8-19-14(11-17)13-26-22(27-19)28(2)16-5-3-15(23)4-6-16/h3-13H,1-2H3,(H,24,29). The minimum absolute atomic E-state index is 0.269. The molecule has 0 saturated carbocycles. The van der Waals surface area contributed by atoms with Crippen molar-refractivity contribution in [2.75, 3.05) is 19.0 Å². The summed E-state index contributed by atoms with van der Waals surface area (Å²) in [5.74, 6) is 1.47. The zero-order valence-corrected chi connectivity index (χ0v) is 17.9. The number of carbonyl (C=O) groups excluding carboxylic acids is 1. The van der Waals surface area contributed by atoms with Gasteiger partial charge in [-0.1, -0.05) is 15.9 Å². The number of ether oxygens (including phenoxy) is 1. The molecule has 0 fully saturated rings. The van der Waals surface area contributed by atoms with E-state index in [1.165, 1.54) is 6.20 Å². The number of rotatable bonds is 5. The zero-order chi connectivity index (χ0) is 21.1. The average Bonchev–Trinajstić information content (AvgIpc) is 2.78. The average molecular weight is 464 g/mol. The van der Waals surface area contributed by atoms with Crippen LogP contribution in [0, 0.1) is 0 Å². The van der Waals surface area contributed by atoms with E-state index in [1.807, 2.05) is 54.4 Å². The lowest BCUT2D eigenvalue weighted by Gasteiger charge is -2.17. The van der Waals surface area contributed by atoms with Crippen molar-refractivity contribution in [1.29, 1.82) is 0 Å². The van der Waals surface area contributed by atoms with E-state index in [1.54, 1.807) is 25.4 Å². The van der Waals surface area contributed by atoms with Gasteiger partial charge in [0.15, 0.2) is 0 Å². The second kappa shape index (κ2) is 8.46. The van der Waals surface area contributed by atoms with E-state index in [2.05, 4.69) is 36.2 Å². The maximum Gasteiger partial charge on any atom is 0.269 e. The van der Waals surface area contributed by atoms with Crippen LogP contribution in [0.25, 0.3) is 10.9 Å². The van der Waals surface area contributed by atoms with Crippen molar-refractivity contribution >= 4 is 44.4 Å². The quantitative estimate of drug-likeness (QED) is 0.461. The fraction of sp³-hybridized carbons (Fsp3) is 0.0909. The summed E-state index contributed by atoms with van der Waals surface area (Å²) in [4.78, 5) is 26.9. The molecule has 0 saturated heterocycles. The molecule has 0 aliphatic heterocycles. The van der Waals surface area contributed by atoms with Gasteiger partial charge < -0.3 is 15.0 Å². The highest BCUT2D eigenvalue weighted by atomic mass is 79.9. The Kier molecular flexibility index (Phi) is 5.58.